The third-order valence-corrected chi connectivity index (χ3v) is 3.53. The van der Waals surface area contributed by atoms with Crippen LogP contribution in [-0.2, 0) is 22.6 Å². The van der Waals surface area contributed by atoms with Crippen LogP contribution >= 0.6 is 0 Å². The van der Waals surface area contributed by atoms with Gasteiger partial charge in [-0.05, 0) is 36.1 Å². The second-order valence-corrected chi connectivity index (χ2v) is 5.52. The standard InChI is InChI=1S/C19H21FN2O2/c20-17-10-8-16(9-11-17)14-22-19(24)13-18(23)21-12-4-7-15-5-2-1-3-6-15/h1-3,5-6,8-11H,4,7,12-14H2,(H,21,23)(H,22,24). The molecule has 0 radical (unpaired) electrons. The zero-order chi connectivity index (χ0) is 17.2. The second kappa shape index (κ2) is 9.45. The van der Waals surface area contributed by atoms with Gasteiger partial charge in [0.15, 0.2) is 0 Å². The van der Waals surface area contributed by atoms with Gasteiger partial charge in [-0.25, -0.2) is 4.39 Å². The molecule has 5 heteroatoms. The summed E-state index contributed by atoms with van der Waals surface area (Å²) < 4.78 is 12.8. The maximum absolute atomic E-state index is 12.8. The number of amides is 2. The monoisotopic (exact) mass is 328 g/mol. The van der Waals surface area contributed by atoms with E-state index >= 15 is 0 Å². The first-order chi connectivity index (χ1) is 11.6. The van der Waals surface area contributed by atoms with E-state index in [1.54, 1.807) is 12.1 Å². The van der Waals surface area contributed by atoms with Gasteiger partial charge in [-0.2, -0.15) is 0 Å². The van der Waals surface area contributed by atoms with Gasteiger partial charge in [0, 0.05) is 13.1 Å². The highest BCUT2D eigenvalue weighted by molar-refractivity contribution is 5.96. The second-order valence-electron chi connectivity index (χ2n) is 5.52. The molecular weight excluding hydrogens is 307 g/mol. The van der Waals surface area contributed by atoms with E-state index in [1.165, 1.54) is 17.7 Å². The molecule has 24 heavy (non-hydrogen) atoms. The van der Waals surface area contributed by atoms with E-state index in [0.29, 0.717) is 6.54 Å². The smallest absolute Gasteiger partial charge is 0.229 e. The lowest BCUT2D eigenvalue weighted by Gasteiger charge is -2.07. The van der Waals surface area contributed by atoms with Crippen LogP contribution in [0.15, 0.2) is 54.6 Å². The molecule has 2 rings (SSSR count). The highest BCUT2D eigenvalue weighted by Gasteiger charge is 2.08. The number of carbonyl (C=O) groups is 2. The summed E-state index contributed by atoms with van der Waals surface area (Å²) in [5.41, 5.74) is 2.01. The van der Waals surface area contributed by atoms with Gasteiger partial charge in [-0.3, -0.25) is 9.59 Å². The third-order valence-electron chi connectivity index (χ3n) is 3.53. The molecule has 2 aromatic carbocycles. The Hall–Kier alpha value is -2.69. The van der Waals surface area contributed by atoms with Crippen molar-refractivity contribution in [3.63, 3.8) is 0 Å². The van der Waals surface area contributed by atoms with Crippen LogP contribution in [0.4, 0.5) is 4.39 Å². The molecule has 2 N–H and O–H groups in total. The molecule has 0 heterocycles. The molecule has 0 bridgehead atoms. The molecule has 0 aliphatic rings. The number of rotatable bonds is 8. The Kier molecular flexibility index (Phi) is 6.95. The minimum absolute atomic E-state index is 0.202. The fourth-order valence-electron chi connectivity index (χ4n) is 2.24. The number of nitrogens with one attached hydrogen (secondary N) is 2. The lowest BCUT2D eigenvalue weighted by atomic mass is 10.1. The minimum Gasteiger partial charge on any atom is -0.356 e. The van der Waals surface area contributed by atoms with Crippen LogP contribution in [0.1, 0.15) is 24.0 Å². The van der Waals surface area contributed by atoms with Gasteiger partial charge >= 0.3 is 0 Å². The third kappa shape index (κ3) is 6.60. The average Bonchev–Trinajstić information content (AvgIpc) is 2.59. The fraction of sp³-hybridized carbons (Fsp3) is 0.263. The van der Waals surface area contributed by atoms with Gasteiger partial charge in [0.1, 0.15) is 12.2 Å². The molecule has 0 aliphatic carbocycles. The van der Waals surface area contributed by atoms with Crippen molar-refractivity contribution in [1.29, 1.82) is 0 Å². The Morgan fingerprint density at radius 2 is 1.50 bits per heavy atom. The zero-order valence-corrected chi connectivity index (χ0v) is 13.4. The van der Waals surface area contributed by atoms with Crippen molar-refractivity contribution in [2.45, 2.75) is 25.8 Å². The number of benzene rings is 2. The van der Waals surface area contributed by atoms with Crippen LogP contribution in [0.2, 0.25) is 0 Å². The fourth-order valence-corrected chi connectivity index (χ4v) is 2.24. The number of halogens is 1. The quantitative estimate of drug-likeness (QED) is 0.578. The molecule has 4 nitrogen and oxygen atoms in total. The normalized spacial score (nSPS) is 10.2. The van der Waals surface area contributed by atoms with Crippen molar-refractivity contribution in [3.8, 4) is 0 Å². The van der Waals surface area contributed by atoms with Crippen molar-refractivity contribution in [3.05, 3.63) is 71.5 Å². The maximum Gasteiger partial charge on any atom is 0.229 e. The molecular formula is C19H21FN2O2. The molecule has 126 valence electrons. The molecule has 0 aromatic heterocycles. The van der Waals surface area contributed by atoms with Crippen molar-refractivity contribution in [1.82, 2.24) is 10.6 Å². The first-order valence-electron chi connectivity index (χ1n) is 7.95. The molecule has 0 aliphatic heterocycles. The summed E-state index contributed by atoms with van der Waals surface area (Å²) in [5, 5.41) is 5.38. The summed E-state index contributed by atoms with van der Waals surface area (Å²) in [5.74, 6) is -0.959. The highest BCUT2D eigenvalue weighted by Crippen LogP contribution is 2.03. The average molecular weight is 328 g/mol. The first kappa shape index (κ1) is 17.7. The zero-order valence-electron chi connectivity index (χ0n) is 13.4. The predicted molar refractivity (Wildman–Crippen MR) is 90.6 cm³/mol. The topological polar surface area (TPSA) is 58.2 Å². The van der Waals surface area contributed by atoms with E-state index in [1.807, 2.05) is 30.3 Å². The van der Waals surface area contributed by atoms with Gasteiger partial charge < -0.3 is 10.6 Å². The molecule has 0 saturated carbocycles. The molecule has 0 saturated heterocycles. The molecule has 2 aromatic rings. The number of hydrogen-bond acceptors (Lipinski definition) is 2. The lowest BCUT2D eigenvalue weighted by Crippen LogP contribution is -2.32. The van der Waals surface area contributed by atoms with Crippen molar-refractivity contribution in [2.24, 2.45) is 0 Å². The van der Waals surface area contributed by atoms with E-state index in [2.05, 4.69) is 10.6 Å². The van der Waals surface area contributed by atoms with Gasteiger partial charge in [0.25, 0.3) is 0 Å². The SMILES string of the molecule is O=C(CC(=O)NCc1ccc(F)cc1)NCCCc1ccccc1. The largest absolute Gasteiger partial charge is 0.356 e. The minimum atomic E-state index is -0.347. The van der Waals surface area contributed by atoms with Crippen LogP contribution in [-0.4, -0.2) is 18.4 Å². The van der Waals surface area contributed by atoms with E-state index in [4.69, 9.17) is 0 Å². The first-order valence-corrected chi connectivity index (χ1v) is 7.95. The highest BCUT2D eigenvalue weighted by atomic mass is 19.1. The summed E-state index contributed by atoms with van der Waals surface area (Å²) >= 11 is 0. The molecule has 2 amide bonds. The van der Waals surface area contributed by atoms with Crippen LogP contribution in [0.5, 0.6) is 0 Å². The van der Waals surface area contributed by atoms with Gasteiger partial charge in [-0.1, -0.05) is 42.5 Å². The van der Waals surface area contributed by atoms with E-state index in [-0.39, 0.29) is 30.6 Å². The van der Waals surface area contributed by atoms with E-state index in [0.717, 1.165) is 18.4 Å². The summed E-state index contributed by atoms with van der Waals surface area (Å²) in [6.45, 7) is 0.819. The summed E-state index contributed by atoms with van der Waals surface area (Å²) in [6.07, 6.45) is 1.51. The van der Waals surface area contributed by atoms with Gasteiger partial charge in [0.05, 0.1) is 0 Å². The van der Waals surface area contributed by atoms with Gasteiger partial charge in [0.2, 0.25) is 11.8 Å². The molecule has 0 atom stereocenters. The van der Waals surface area contributed by atoms with Crippen LogP contribution in [0, 0.1) is 5.82 Å². The van der Waals surface area contributed by atoms with Crippen LogP contribution in [0.25, 0.3) is 0 Å². The Balaban J connectivity index is 1.59. The Bertz CT molecular complexity index is 657. The Morgan fingerprint density at radius 1 is 0.833 bits per heavy atom. The van der Waals surface area contributed by atoms with Crippen molar-refractivity contribution in [2.75, 3.05) is 6.54 Å². The number of hydrogen-bond donors (Lipinski definition) is 2. The van der Waals surface area contributed by atoms with E-state index in [9.17, 15) is 14.0 Å². The summed E-state index contributed by atoms with van der Waals surface area (Å²) in [6, 6.07) is 15.9. The van der Waals surface area contributed by atoms with Crippen LogP contribution in [0.3, 0.4) is 0 Å². The Labute approximate surface area is 141 Å². The molecule has 0 fully saturated rings. The lowest BCUT2D eigenvalue weighted by molar-refractivity contribution is -0.129. The van der Waals surface area contributed by atoms with E-state index < -0.39 is 0 Å². The summed E-state index contributed by atoms with van der Waals surface area (Å²) in [7, 11) is 0. The van der Waals surface area contributed by atoms with Crippen molar-refractivity contribution < 1.29 is 14.0 Å². The predicted octanol–water partition coefficient (Wildman–Crippen LogP) is 2.58. The Morgan fingerprint density at radius 3 is 2.21 bits per heavy atom. The van der Waals surface area contributed by atoms with Gasteiger partial charge in [-0.15, -0.1) is 0 Å². The number of carbonyl (C=O) groups excluding carboxylic acids is 2. The molecule has 0 unspecified atom stereocenters. The van der Waals surface area contributed by atoms with Crippen molar-refractivity contribution >= 4 is 11.8 Å². The maximum atomic E-state index is 12.8. The number of aryl methyl sites for hydroxylation is 1. The van der Waals surface area contributed by atoms with Crippen LogP contribution < -0.4 is 10.6 Å². The molecule has 0 spiro atoms. The summed E-state index contributed by atoms with van der Waals surface area (Å²) in [4.78, 5) is 23.4.